The highest BCUT2D eigenvalue weighted by Gasteiger charge is 2.27. The van der Waals surface area contributed by atoms with E-state index in [-0.39, 0.29) is 13.0 Å². The number of ether oxygens (including phenoxy) is 2. The van der Waals surface area contributed by atoms with Crippen LogP contribution in [0.3, 0.4) is 0 Å². The number of phosphoric ester groups is 1. The number of esters is 1. The Morgan fingerprint density at radius 3 is 1.30 bits per heavy atom. The van der Waals surface area contributed by atoms with Gasteiger partial charge >= 0.3 is 19.8 Å². The van der Waals surface area contributed by atoms with Crippen molar-refractivity contribution in [2.75, 3.05) is 26.4 Å². The van der Waals surface area contributed by atoms with Gasteiger partial charge in [0.25, 0.3) is 0 Å². The van der Waals surface area contributed by atoms with E-state index in [1.165, 1.54) is 173 Å². The highest BCUT2D eigenvalue weighted by molar-refractivity contribution is 7.47. The van der Waals surface area contributed by atoms with Gasteiger partial charge in [0, 0.05) is 13.0 Å². The van der Waals surface area contributed by atoms with Gasteiger partial charge < -0.3 is 25.2 Å². The molecule has 10 nitrogen and oxygen atoms in total. The Balaban J connectivity index is 4.10. The Hall–Kier alpha value is -1.81. The van der Waals surface area contributed by atoms with E-state index in [4.69, 9.17) is 29.4 Å². The SMILES string of the molecule is CCCCCC/C=C\C/C=C\CCCCCCCCCC(=O)OC(COCCCCCCCCCCCCCC/C=C\CCCCCCCCCC)COP(=O)(O)OCC(N)C(=O)O. The number of rotatable bonds is 51. The van der Waals surface area contributed by atoms with Crippen molar-refractivity contribution in [3.05, 3.63) is 36.5 Å². The van der Waals surface area contributed by atoms with E-state index in [9.17, 15) is 19.0 Å². The van der Waals surface area contributed by atoms with Gasteiger partial charge in [0.15, 0.2) is 0 Å². The standard InChI is InChI=1S/C53H100NO9P/c1-3-5-7-9-11-13-15-17-19-21-23-24-25-26-27-28-30-32-34-36-38-40-42-44-46-60-47-50(48-61-64(58,59)62-49-51(54)53(56)57)63-52(55)45-43-41-39-37-35-33-31-29-22-20-18-16-14-12-10-8-6-4-2/h14,16,20-23,50-51H,3-13,15,17-19,24-49,54H2,1-2H3,(H,56,57)(H,58,59)/b16-14-,22-20-,23-21-. The molecule has 0 aliphatic carbocycles. The van der Waals surface area contributed by atoms with E-state index >= 15 is 0 Å². The Bertz CT molecular complexity index is 1160. The molecule has 376 valence electrons. The first-order valence-electron chi connectivity index (χ1n) is 26.5. The van der Waals surface area contributed by atoms with Gasteiger partial charge in [-0.3, -0.25) is 18.6 Å². The zero-order valence-corrected chi connectivity index (χ0v) is 42.3. The maximum Gasteiger partial charge on any atom is 0.472 e. The highest BCUT2D eigenvalue weighted by Crippen LogP contribution is 2.43. The number of carbonyl (C=O) groups excluding carboxylic acids is 1. The van der Waals surface area contributed by atoms with E-state index in [0.717, 1.165) is 51.4 Å². The molecule has 4 N–H and O–H groups in total. The molecule has 0 radical (unpaired) electrons. The maximum absolute atomic E-state index is 12.7. The van der Waals surface area contributed by atoms with Crippen molar-refractivity contribution in [1.82, 2.24) is 0 Å². The third-order valence-electron chi connectivity index (χ3n) is 11.6. The van der Waals surface area contributed by atoms with Crippen molar-refractivity contribution >= 4 is 19.8 Å². The zero-order valence-electron chi connectivity index (χ0n) is 41.4. The second kappa shape index (κ2) is 49.1. The first-order chi connectivity index (χ1) is 31.2. The molecule has 0 amide bonds. The van der Waals surface area contributed by atoms with Crippen molar-refractivity contribution in [3.8, 4) is 0 Å². The fourth-order valence-electron chi connectivity index (χ4n) is 7.51. The molecule has 0 fully saturated rings. The lowest BCUT2D eigenvalue weighted by Gasteiger charge is -2.20. The molecule has 3 atom stereocenters. The van der Waals surface area contributed by atoms with Crippen LogP contribution in [0.5, 0.6) is 0 Å². The number of phosphoric acid groups is 1. The normalized spacial score (nSPS) is 13.9. The first kappa shape index (κ1) is 62.2. The summed E-state index contributed by atoms with van der Waals surface area (Å²) >= 11 is 0. The van der Waals surface area contributed by atoms with E-state index in [1.807, 2.05) is 0 Å². The van der Waals surface area contributed by atoms with Gasteiger partial charge in [-0.25, -0.2) is 4.57 Å². The molecule has 0 saturated carbocycles. The lowest BCUT2D eigenvalue weighted by Crippen LogP contribution is -2.34. The molecule has 3 unspecified atom stereocenters. The van der Waals surface area contributed by atoms with E-state index < -0.39 is 45.1 Å². The van der Waals surface area contributed by atoms with Crippen molar-refractivity contribution in [2.45, 2.75) is 264 Å². The molecular weight excluding hydrogens is 826 g/mol. The molecule has 11 heteroatoms. The molecule has 64 heavy (non-hydrogen) atoms. The lowest BCUT2D eigenvalue weighted by molar-refractivity contribution is -0.154. The molecule has 0 rings (SSSR count). The zero-order chi connectivity index (χ0) is 46.9. The second-order valence-corrected chi connectivity index (χ2v) is 19.5. The van der Waals surface area contributed by atoms with Crippen molar-refractivity contribution < 1.29 is 42.7 Å². The van der Waals surface area contributed by atoms with Crippen LogP contribution in [-0.2, 0) is 32.7 Å². The number of hydrogen-bond donors (Lipinski definition) is 3. The molecule has 0 aliphatic rings. The molecule has 0 aliphatic heterocycles. The van der Waals surface area contributed by atoms with Crippen molar-refractivity contribution in [2.24, 2.45) is 5.73 Å². The average molecular weight is 926 g/mol. The summed E-state index contributed by atoms with van der Waals surface area (Å²) < 4.78 is 33.5. The molecule has 0 saturated heterocycles. The third kappa shape index (κ3) is 48.1. The minimum absolute atomic E-state index is 0.0153. The molecule has 0 aromatic carbocycles. The van der Waals surface area contributed by atoms with Crippen LogP contribution in [0.25, 0.3) is 0 Å². The largest absolute Gasteiger partial charge is 0.480 e. The van der Waals surface area contributed by atoms with Gasteiger partial charge in [-0.15, -0.1) is 0 Å². The molecule has 0 aromatic heterocycles. The summed E-state index contributed by atoms with van der Waals surface area (Å²) in [5.74, 6) is -1.78. The van der Waals surface area contributed by atoms with Gasteiger partial charge in [0.1, 0.15) is 12.1 Å². The van der Waals surface area contributed by atoms with Crippen LogP contribution in [0.15, 0.2) is 36.5 Å². The van der Waals surface area contributed by atoms with Gasteiger partial charge in [0.2, 0.25) is 0 Å². The number of carboxylic acid groups (broad SMARTS) is 1. The number of unbranched alkanes of at least 4 members (excludes halogenated alkanes) is 31. The molecule has 0 aromatic rings. The number of aliphatic carboxylic acids is 1. The Kier molecular flexibility index (Phi) is 47.7. The Morgan fingerprint density at radius 2 is 0.859 bits per heavy atom. The van der Waals surface area contributed by atoms with Crippen LogP contribution in [-0.4, -0.2) is 60.5 Å². The van der Waals surface area contributed by atoms with Crippen LogP contribution >= 0.6 is 7.82 Å². The van der Waals surface area contributed by atoms with Crippen LogP contribution in [0.2, 0.25) is 0 Å². The minimum Gasteiger partial charge on any atom is -0.480 e. The van der Waals surface area contributed by atoms with Gasteiger partial charge in [-0.05, 0) is 70.6 Å². The number of allylic oxidation sites excluding steroid dienone is 6. The van der Waals surface area contributed by atoms with Crippen molar-refractivity contribution in [3.63, 3.8) is 0 Å². The third-order valence-corrected chi connectivity index (χ3v) is 12.6. The van der Waals surface area contributed by atoms with Crippen LogP contribution in [0.1, 0.15) is 251 Å². The van der Waals surface area contributed by atoms with Crippen LogP contribution < -0.4 is 5.73 Å². The highest BCUT2D eigenvalue weighted by atomic mass is 31.2. The number of carbonyl (C=O) groups is 2. The first-order valence-corrected chi connectivity index (χ1v) is 28.0. The molecular formula is C53H100NO9P. The summed E-state index contributed by atoms with van der Waals surface area (Å²) in [5.41, 5.74) is 5.38. The monoisotopic (exact) mass is 926 g/mol. The van der Waals surface area contributed by atoms with Crippen LogP contribution in [0, 0.1) is 0 Å². The predicted octanol–water partition coefficient (Wildman–Crippen LogP) is 15.6. The number of carboxylic acids is 1. The van der Waals surface area contributed by atoms with Gasteiger partial charge in [-0.1, -0.05) is 211 Å². The molecule has 0 heterocycles. The summed E-state index contributed by atoms with van der Waals surface area (Å²) in [6.45, 7) is 3.89. The predicted molar refractivity (Wildman–Crippen MR) is 268 cm³/mol. The number of hydrogen-bond acceptors (Lipinski definition) is 8. The summed E-state index contributed by atoms with van der Waals surface area (Å²) in [4.78, 5) is 33.7. The topological polar surface area (TPSA) is 155 Å². The quantitative estimate of drug-likeness (QED) is 0.0232. The minimum atomic E-state index is -4.62. The van der Waals surface area contributed by atoms with Crippen LogP contribution in [0.4, 0.5) is 0 Å². The Labute approximate surface area is 393 Å². The summed E-state index contributed by atoms with van der Waals surface area (Å²) in [5, 5.41) is 8.93. The second-order valence-electron chi connectivity index (χ2n) is 18.0. The van der Waals surface area contributed by atoms with Crippen molar-refractivity contribution in [1.29, 1.82) is 0 Å². The van der Waals surface area contributed by atoms with Gasteiger partial charge in [-0.2, -0.15) is 0 Å². The molecule has 0 spiro atoms. The van der Waals surface area contributed by atoms with E-state index in [1.54, 1.807) is 0 Å². The fraction of sp³-hybridized carbons (Fsp3) is 0.849. The molecule has 0 bridgehead atoms. The summed E-state index contributed by atoms with van der Waals surface area (Å²) in [6.07, 6.45) is 57.8. The summed E-state index contributed by atoms with van der Waals surface area (Å²) in [6, 6.07) is -1.47. The maximum atomic E-state index is 12.7. The lowest BCUT2D eigenvalue weighted by atomic mass is 10.0. The van der Waals surface area contributed by atoms with E-state index in [2.05, 4.69) is 50.3 Å². The van der Waals surface area contributed by atoms with Gasteiger partial charge in [0.05, 0.1) is 19.8 Å². The Morgan fingerprint density at radius 1 is 0.500 bits per heavy atom. The average Bonchev–Trinajstić information content (AvgIpc) is 3.28. The smallest absolute Gasteiger partial charge is 0.472 e. The fourth-order valence-corrected chi connectivity index (χ4v) is 8.29. The number of nitrogens with two attached hydrogens (primary N) is 1. The van der Waals surface area contributed by atoms with E-state index in [0.29, 0.717) is 13.0 Å². The summed E-state index contributed by atoms with van der Waals surface area (Å²) in [7, 11) is -4.62.